The third kappa shape index (κ3) is 4.03. The molecule has 0 fully saturated rings. The monoisotopic (exact) mass is 386 g/mol. The molecule has 0 N–H and O–H groups in total. The van der Waals surface area contributed by atoms with Crippen molar-refractivity contribution in [3.05, 3.63) is 67.7 Å². The lowest BCUT2D eigenvalue weighted by Crippen LogP contribution is -2.38. The van der Waals surface area contributed by atoms with Gasteiger partial charge in [-0.25, -0.2) is 9.59 Å². The van der Waals surface area contributed by atoms with Crippen LogP contribution in [0.3, 0.4) is 0 Å². The highest BCUT2D eigenvalue weighted by Gasteiger charge is 2.18. The van der Waals surface area contributed by atoms with Gasteiger partial charge in [-0.3, -0.25) is 13.9 Å². The first-order chi connectivity index (χ1) is 13.0. The minimum atomic E-state index is -0.450. The Bertz CT molecular complexity index is 1060. The summed E-state index contributed by atoms with van der Waals surface area (Å²) >= 11 is 1.11. The predicted octanol–water partition coefficient (Wildman–Crippen LogP) is 3.16. The molecule has 3 aromatic rings. The average Bonchev–Trinajstić information content (AvgIpc) is 3.13. The lowest BCUT2D eigenvalue weighted by atomic mass is 10.2. The molecular weight excluding hydrogens is 364 g/mol. The second kappa shape index (κ2) is 8.35. The van der Waals surface area contributed by atoms with E-state index in [1.54, 1.807) is 7.05 Å². The first-order valence-electron chi connectivity index (χ1n) is 8.97. The topological polar surface area (TPSA) is 70.3 Å². The van der Waals surface area contributed by atoms with Gasteiger partial charge in [0.25, 0.3) is 5.56 Å². The molecular formula is C20H22N2O4S. The number of fused-ring (bicyclic) bond motifs is 1. The van der Waals surface area contributed by atoms with E-state index in [1.165, 1.54) is 15.2 Å². The van der Waals surface area contributed by atoms with Gasteiger partial charge in [0.1, 0.15) is 9.71 Å². The Hall–Kier alpha value is -2.67. The molecule has 0 atom stereocenters. The number of ether oxygens (including phenoxy) is 1. The van der Waals surface area contributed by atoms with Crippen molar-refractivity contribution in [2.45, 2.75) is 32.7 Å². The van der Waals surface area contributed by atoms with E-state index in [-0.39, 0.29) is 6.54 Å². The van der Waals surface area contributed by atoms with Gasteiger partial charge >= 0.3 is 11.7 Å². The molecule has 0 radical (unpaired) electrons. The quantitative estimate of drug-likeness (QED) is 0.462. The molecule has 0 aliphatic rings. The number of thiophene rings is 1. The van der Waals surface area contributed by atoms with Crippen molar-refractivity contribution in [2.24, 2.45) is 7.05 Å². The Labute approximate surface area is 160 Å². The third-order valence-electron chi connectivity index (χ3n) is 4.38. The fourth-order valence-electron chi connectivity index (χ4n) is 2.88. The number of hydrogen-bond acceptors (Lipinski definition) is 5. The summed E-state index contributed by atoms with van der Waals surface area (Å²) in [4.78, 5) is 38.6. The SMILES string of the molecule is CCCCCOC(=O)c1cc2c(=O)n(Cc3ccccc3)c(=O)n(C)c2s1. The van der Waals surface area contributed by atoms with Gasteiger partial charge in [0.2, 0.25) is 0 Å². The molecule has 0 aliphatic carbocycles. The zero-order valence-electron chi connectivity index (χ0n) is 15.4. The Balaban J connectivity index is 1.95. The predicted molar refractivity (Wildman–Crippen MR) is 107 cm³/mol. The van der Waals surface area contributed by atoms with Gasteiger partial charge in [-0.15, -0.1) is 11.3 Å². The van der Waals surface area contributed by atoms with Gasteiger partial charge in [-0.2, -0.15) is 0 Å². The van der Waals surface area contributed by atoms with E-state index in [0.29, 0.717) is 21.7 Å². The zero-order chi connectivity index (χ0) is 19.4. The Morgan fingerprint density at radius 2 is 1.89 bits per heavy atom. The summed E-state index contributed by atoms with van der Waals surface area (Å²) in [6.07, 6.45) is 2.86. The standard InChI is InChI=1S/C20H22N2O4S/c1-3-4-8-11-26-19(24)16-12-15-17(23)22(13-14-9-6-5-7-10-14)20(25)21(2)18(15)27-16/h5-7,9-10,12H,3-4,8,11,13H2,1-2H3. The molecule has 6 nitrogen and oxygen atoms in total. The maximum absolute atomic E-state index is 12.8. The molecule has 0 saturated heterocycles. The Kier molecular flexibility index (Phi) is 5.91. The van der Waals surface area contributed by atoms with Gasteiger partial charge in [0, 0.05) is 7.05 Å². The number of nitrogens with zero attached hydrogens (tertiary/aromatic N) is 2. The van der Waals surface area contributed by atoms with Crippen molar-refractivity contribution in [3.8, 4) is 0 Å². The highest BCUT2D eigenvalue weighted by atomic mass is 32.1. The molecule has 2 heterocycles. The summed E-state index contributed by atoms with van der Waals surface area (Å²) in [5.41, 5.74) is 0.0705. The molecule has 142 valence electrons. The van der Waals surface area contributed by atoms with Crippen molar-refractivity contribution in [1.82, 2.24) is 9.13 Å². The van der Waals surface area contributed by atoms with Gasteiger partial charge in [-0.05, 0) is 18.1 Å². The molecule has 1 aromatic carbocycles. The van der Waals surface area contributed by atoms with E-state index >= 15 is 0 Å². The molecule has 0 spiro atoms. The summed E-state index contributed by atoms with van der Waals surface area (Å²) < 4.78 is 7.88. The number of rotatable bonds is 7. The minimum Gasteiger partial charge on any atom is -0.462 e. The van der Waals surface area contributed by atoms with Crippen LogP contribution in [0, 0.1) is 0 Å². The zero-order valence-corrected chi connectivity index (χ0v) is 16.3. The van der Waals surface area contributed by atoms with Gasteiger partial charge in [0.05, 0.1) is 18.5 Å². The lowest BCUT2D eigenvalue weighted by molar-refractivity contribution is 0.0504. The molecule has 0 saturated carbocycles. The first kappa shape index (κ1) is 19.1. The third-order valence-corrected chi connectivity index (χ3v) is 5.57. The van der Waals surface area contributed by atoms with Crippen LogP contribution in [0.25, 0.3) is 10.2 Å². The van der Waals surface area contributed by atoms with Crippen LogP contribution in [0.4, 0.5) is 0 Å². The second-order valence-electron chi connectivity index (χ2n) is 6.39. The summed E-state index contributed by atoms with van der Waals surface area (Å²) in [5.74, 6) is -0.450. The molecule has 0 unspecified atom stereocenters. The highest BCUT2D eigenvalue weighted by Crippen LogP contribution is 2.22. The maximum Gasteiger partial charge on any atom is 0.348 e. The van der Waals surface area contributed by atoms with E-state index in [4.69, 9.17) is 4.74 Å². The number of aromatic nitrogens is 2. The first-order valence-corrected chi connectivity index (χ1v) is 9.79. The Morgan fingerprint density at radius 1 is 1.15 bits per heavy atom. The number of benzene rings is 1. The summed E-state index contributed by atoms with van der Waals surface area (Å²) in [7, 11) is 1.61. The smallest absolute Gasteiger partial charge is 0.348 e. The number of carbonyl (C=O) groups is 1. The van der Waals surface area contributed by atoms with Crippen LogP contribution in [0.1, 0.15) is 41.4 Å². The lowest BCUT2D eigenvalue weighted by Gasteiger charge is -2.08. The van der Waals surface area contributed by atoms with Crippen LogP contribution in [-0.2, 0) is 18.3 Å². The number of unbranched alkanes of at least 4 members (excludes halogenated alkanes) is 2. The van der Waals surface area contributed by atoms with Crippen LogP contribution in [0.2, 0.25) is 0 Å². The van der Waals surface area contributed by atoms with Crippen molar-refractivity contribution in [2.75, 3.05) is 6.61 Å². The van der Waals surface area contributed by atoms with Crippen LogP contribution in [0.15, 0.2) is 46.0 Å². The van der Waals surface area contributed by atoms with Crippen LogP contribution < -0.4 is 11.2 Å². The molecule has 7 heteroatoms. The van der Waals surface area contributed by atoms with Crippen molar-refractivity contribution in [1.29, 1.82) is 0 Å². The highest BCUT2D eigenvalue weighted by molar-refractivity contribution is 7.20. The van der Waals surface area contributed by atoms with Gasteiger partial charge < -0.3 is 4.74 Å². The largest absolute Gasteiger partial charge is 0.462 e. The molecule has 0 aliphatic heterocycles. The van der Waals surface area contributed by atoms with Crippen molar-refractivity contribution < 1.29 is 9.53 Å². The van der Waals surface area contributed by atoms with Crippen LogP contribution >= 0.6 is 11.3 Å². The van der Waals surface area contributed by atoms with Crippen molar-refractivity contribution in [3.63, 3.8) is 0 Å². The molecule has 3 rings (SSSR count). The molecule has 0 amide bonds. The van der Waals surface area contributed by atoms with Crippen molar-refractivity contribution >= 4 is 27.5 Å². The van der Waals surface area contributed by atoms with Crippen LogP contribution in [0.5, 0.6) is 0 Å². The maximum atomic E-state index is 12.8. The second-order valence-corrected chi connectivity index (χ2v) is 7.42. The summed E-state index contributed by atoms with van der Waals surface area (Å²) in [5, 5.41) is 0.360. The number of carbonyl (C=O) groups excluding carboxylic acids is 1. The van der Waals surface area contributed by atoms with E-state index in [2.05, 4.69) is 6.92 Å². The molecule has 2 aromatic heterocycles. The summed E-state index contributed by atoms with van der Waals surface area (Å²) in [6.45, 7) is 2.63. The number of aryl methyl sites for hydroxylation is 1. The Morgan fingerprint density at radius 3 is 2.59 bits per heavy atom. The van der Waals surface area contributed by atoms with E-state index in [0.717, 1.165) is 36.2 Å². The number of esters is 1. The van der Waals surface area contributed by atoms with Gasteiger partial charge in [-0.1, -0.05) is 50.1 Å². The average molecular weight is 386 g/mol. The molecule has 0 bridgehead atoms. The van der Waals surface area contributed by atoms with E-state index in [1.807, 2.05) is 30.3 Å². The van der Waals surface area contributed by atoms with E-state index < -0.39 is 17.2 Å². The summed E-state index contributed by atoms with van der Waals surface area (Å²) in [6, 6.07) is 10.9. The minimum absolute atomic E-state index is 0.189. The van der Waals surface area contributed by atoms with Gasteiger partial charge in [0.15, 0.2) is 0 Å². The fraction of sp³-hybridized carbons (Fsp3) is 0.350. The van der Waals surface area contributed by atoms with Crippen LogP contribution in [-0.4, -0.2) is 21.7 Å². The normalized spacial score (nSPS) is 11.0. The number of hydrogen-bond donors (Lipinski definition) is 0. The molecule has 27 heavy (non-hydrogen) atoms. The van der Waals surface area contributed by atoms with E-state index in [9.17, 15) is 14.4 Å². The fourth-order valence-corrected chi connectivity index (χ4v) is 3.88.